The van der Waals surface area contributed by atoms with Gasteiger partial charge in [-0.3, -0.25) is 19.5 Å². The zero-order valence-corrected chi connectivity index (χ0v) is 17.2. The molecule has 1 aromatic heterocycles. The highest BCUT2D eigenvalue weighted by Gasteiger charge is 2.20. The Hall–Kier alpha value is -2.32. The van der Waals surface area contributed by atoms with Crippen LogP contribution in [0.25, 0.3) is 22.6 Å². The average molecular weight is 491 g/mol. The minimum Gasteiger partial charge on any atom is -0.292 e. The van der Waals surface area contributed by atoms with Crippen LogP contribution in [0.2, 0.25) is 0 Å². The van der Waals surface area contributed by atoms with Crippen LogP contribution in [0.5, 0.6) is 0 Å². The third-order valence-corrected chi connectivity index (χ3v) is 5.60. The molecular weight excluding hydrogens is 478 g/mol. The summed E-state index contributed by atoms with van der Waals surface area (Å²) in [5, 5.41) is 11.4. The summed E-state index contributed by atoms with van der Waals surface area (Å²) >= 11 is 6.91. The van der Waals surface area contributed by atoms with Crippen LogP contribution in [0.15, 0.2) is 50.1 Å². The molecule has 2 aromatic carbocycles. The quantitative estimate of drug-likeness (QED) is 0.367. The summed E-state index contributed by atoms with van der Waals surface area (Å²) in [7, 11) is 0. The zero-order valence-electron chi connectivity index (χ0n) is 14.0. The van der Waals surface area contributed by atoms with Gasteiger partial charge in [-0.25, -0.2) is 4.98 Å². The highest BCUT2D eigenvalue weighted by atomic mass is 79.9. The second kappa shape index (κ2) is 7.01. The van der Waals surface area contributed by atoms with Crippen molar-refractivity contribution in [3.8, 4) is 0 Å². The summed E-state index contributed by atoms with van der Waals surface area (Å²) in [6, 6.07) is 10.0. The van der Waals surface area contributed by atoms with Gasteiger partial charge >= 0.3 is 0 Å². The first-order chi connectivity index (χ1) is 12.9. The van der Waals surface area contributed by atoms with E-state index in [0.717, 1.165) is 32.9 Å². The van der Waals surface area contributed by atoms with Gasteiger partial charge in [0.15, 0.2) is 0 Å². The lowest BCUT2D eigenvalue weighted by Crippen LogP contribution is -2.28. The molecule has 0 amide bonds. The molecule has 0 aliphatic carbocycles. The van der Waals surface area contributed by atoms with E-state index < -0.39 is 4.92 Å². The summed E-state index contributed by atoms with van der Waals surface area (Å²) in [5.74, 6) is 0.653. The number of nitro groups is 1. The number of halogens is 2. The fourth-order valence-corrected chi connectivity index (χ4v) is 4.59. The Labute approximate surface area is 170 Å². The van der Waals surface area contributed by atoms with Crippen molar-refractivity contribution >= 4 is 60.1 Å². The molecule has 8 heteroatoms. The number of hydrogen-bond acceptors (Lipinski definition) is 4. The van der Waals surface area contributed by atoms with Gasteiger partial charge in [-0.1, -0.05) is 15.9 Å². The topological polar surface area (TPSA) is 78.0 Å². The summed E-state index contributed by atoms with van der Waals surface area (Å²) in [5.41, 5.74) is 2.41. The van der Waals surface area contributed by atoms with Crippen molar-refractivity contribution in [2.45, 2.75) is 19.4 Å². The van der Waals surface area contributed by atoms with Gasteiger partial charge in [0.1, 0.15) is 5.82 Å². The molecule has 0 N–H and O–H groups in total. The number of nitrogens with zero attached hydrogens (tertiary/aromatic N) is 3. The number of fused-ring (bicyclic) bond motifs is 2. The second-order valence-electron chi connectivity index (χ2n) is 6.30. The van der Waals surface area contributed by atoms with Crippen molar-refractivity contribution < 1.29 is 4.92 Å². The maximum Gasteiger partial charge on any atom is 0.269 e. The van der Waals surface area contributed by atoms with Crippen LogP contribution in [-0.4, -0.2) is 14.5 Å². The monoisotopic (exact) mass is 489 g/mol. The van der Waals surface area contributed by atoms with E-state index in [4.69, 9.17) is 4.98 Å². The molecule has 0 bridgehead atoms. The van der Waals surface area contributed by atoms with E-state index in [1.807, 2.05) is 12.1 Å². The van der Waals surface area contributed by atoms with E-state index in [1.54, 1.807) is 22.8 Å². The molecule has 6 nitrogen and oxygen atoms in total. The van der Waals surface area contributed by atoms with Gasteiger partial charge in [0.25, 0.3) is 11.2 Å². The van der Waals surface area contributed by atoms with E-state index in [1.165, 1.54) is 12.1 Å². The largest absolute Gasteiger partial charge is 0.292 e. The van der Waals surface area contributed by atoms with Gasteiger partial charge in [-0.2, -0.15) is 0 Å². The van der Waals surface area contributed by atoms with E-state index in [2.05, 4.69) is 31.9 Å². The Balaban J connectivity index is 1.88. The number of hydrogen-bond donors (Lipinski definition) is 0. The molecule has 0 saturated heterocycles. The van der Waals surface area contributed by atoms with Crippen LogP contribution in [0, 0.1) is 10.1 Å². The highest BCUT2D eigenvalue weighted by Crippen LogP contribution is 2.31. The maximum absolute atomic E-state index is 13.0. The van der Waals surface area contributed by atoms with Crippen LogP contribution in [-0.2, 0) is 6.54 Å². The molecule has 1 aliphatic heterocycles. The summed E-state index contributed by atoms with van der Waals surface area (Å²) in [6.07, 6.45) is 3.58. The Morgan fingerprint density at radius 2 is 1.93 bits per heavy atom. The lowest BCUT2D eigenvalue weighted by atomic mass is 10.0. The zero-order chi connectivity index (χ0) is 19.1. The van der Waals surface area contributed by atoms with E-state index in [0.29, 0.717) is 23.3 Å². The van der Waals surface area contributed by atoms with Gasteiger partial charge in [-0.05, 0) is 70.2 Å². The standard InChI is InChI=1S/C19H13Br2N3O3/c20-13-9-15-17(16(21)10-13)22-18-12(2-1-7-23(18)19(15)25)8-11-3-5-14(6-4-11)24(26)27/h3-6,8-10H,1-2,7H2/b12-8+. The van der Waals surface area contributed by atoms with E-state index >= 15 is 0 Å². The minimum absolute atomic E-state index is 0.0519. The molecular formula is C19H13Br2N3O3. The van der Waals surface area contributed by atoms with Gasteiger partial charge < -0.3 is 0 Å². The number of allylic oxidation sites excluding steroid dienone is 1. The van der Waals surface area contributed by atoms with E-state index in [9.17, 15) is 14.9 Å². The van der Waals surface area contributed by atoms with Gasteiger partial charge in [-0.15, -0.1) is 0 Å². The first-order valence-electron chi connectivity index (χ1n) is 8.29. The van der Waals surface area contributed by atoms with Crippen LogP contribution in [0.1, 0.15) is 24.2 Å². The number of rotatable bonds is 2. The predicted octanol–water partition coefficient (Wildman–Crippen LogP) is 5.16. The number of nitro benzene ring substituents is 1. The number of non-ortho nitro benzene ring substituents is 1. The van der Waals surface area contributed by atoms with Crippen molar-refractivity contribution in [2.75, 3.05) is 0 Å². The normalized spacial score (nSPS) is 15.1. The number of benzene rings is 2. The average Bonchev–Trinajstić information content (AvgIpc) is 2.64. The van der Waals surface area contributed by atoms with Crippen molar-refractivity contribution in [1.29, 1.82) is 0 Å². The molecule has 1 aliphatic rings. The fourth-order valence-electron chi connectivity index (χ4n) is 3.27. The van der Waals surface area contributed by atoms with E-state index in [-0.39, 0.29) is 11.2 Å². The van der Waals surface area contributed by atoms with Crippen molar-refractivity contribution in [3.63, 3.8) is 0 Å². The first-order valence-corrected chi connectivity index (χ1v) is 9.87. The molecule has 3 aromatic rings. The smallest absolute Gasteiger partial charge is 0.269 e. The molecule has 0 saturated carbocycles. The molecule has 27 heavy (non-hydrogen) atoms. The Morgan fingerprint density at radius 1 is 1.19 bits per heavy atom. The Bertz CT molecular complexity index is 1170. The number of aromatic nitrogens is 2. The molecule has 0 fully saturated rings. The minimum atomic E-state index is -0.421. The van der Waals surface area contributed by atoms with Crippen molar-refractivity contribution in [2.24, 2.45) is 0 Å². The molecule has 2 heterocycles. The molecule has 0 radical (unpaired) electrons. The van der Waals surface area contributed by atoms with Crippen molar-refractivity contribution in [1.82, 2.24) is 9.55 Å². The second-order valence-corrected chi connectivity index (χ2v) is 8.07. The molecule has 0 unspecified atom stereocenters. The molecule has 0 spiro atoms. The van der Waals surface area contributed by atoms with Crippen LogP contribution >= 0.6 is 31.9 Å². The lowest BCUT2D eigenvalue weighted by Gasteiger charge is -2.21. The first kappa shape index (κ1) is 18.1. The van der Waals surface area contributed by atoms with Crippen molar-refractivity contribution in [3.05, 3.63) is 77.2 Å². The Kier molecular flexibility index (Phi) is 4.69. The van der Waals surface area contributed by atoms with Crippen LogP contribution < -0.4 is 5.56 Å². The SMILES string of the molecule is O=c1c2cc(Br)cc(Br)c2nc2n1CCC/C2=C\c1ccc([N+](=O)[O-])cc1. The molecule has 136 valence electrons. The molecule has 0 atom stereocenters. The summed E-state index contributed by atoms with van der Waals surface area (Å²) < 4.78 is 3.29. The fraction of sp³-hybridized carbons (Fsp3) is 0.158. The van der Waals surface area contributed by atoms with Crippen LogP contribution in [0.4, 0.5) is 5.69 Å². The summed E-state index contributed by atoms with van der Waals surface area (Å²) in [6.45, 7) is 0.624. The highest BCUT2D eigenvalue weighted by molar-refractivity contribution is 9.11. The lowest BCUT2D eigenvalue weighted by molar-refractivity contribution is -0.384. The third kappa shape index (κ3) is 3.35. The third-order valence-electron chi connectivity index (χ3n) is 4.54. The Morgan fingerprint density at radius 3 is 2.63 bits per heavy atom. The summed E-state index contributed by atoms with van der Waals surface area (Å²) in [4.78, 5) is 28.1. The van der Waals surface area contributed by atoms with Gasteiger partial charge in [0.2, 0.25) is 0 Å². The van der Waals surface area contributed by atoms with Gasteiger partial charge in [0, 0.05) is 27.6 Å². The maximum atomic E-state index is 13.0. The van der Waals surface area contributed by atoms with Crippen LogP contribution in [0.3, 0.4) is 0 Å². The molecule has 4 rings (SSSR count). The predicted molar refractivity (Wildman–Crippen MR) is 112 cm³/mol. The van der Waals surface area contributed by atoms with Gasteiger partial charge in [0.05, 0.1) is 15.8 Å².